The van der Waals surface area contributed by atoms with Crippen LogP contribution in [-0.2, 0) is 0 Å². The van der Waals surface area contributed by atoms with Crippen molar-refractivity contribution in [2.24, 2.45) is 0 Å². The van der Waals surface area contributed by atoms with Crippen molar-refractivity contribution in [3.05, 3.63) is 58.8 Å². The van der Waals surface area contributed by atoms with Crippen LogP contribution in [-0.4, -0.2) is 11.1 Å². The molecule has 1 heterocycles. The number of hydrogen-bond donors (Lipinski definition) is 1. The topological polar surface area (TPSA) is 55.1 Å². The number of hydrogen-bond acceptors (Lipinski definition) is 3. The van der Waals surface area contributed by atoms with Crippen LogP contribution in [0.1, 0.15) is 10.4 Å². The highest BCUT2D eigenvalue weighted by Gasteiger charge is 2.08. The van der Waals surface area contributed by atoms with Gasteiger partial charge in [0.05, 0.1) is 0 Å². The number of carbonyl (C=O) groups is 1. The molecule has 0 bridgehead atoms. The highest BCUT2D eigenvalue weighted by atomic mass is 79.9. The third-order valence-electron chi connectivity index (χ3n) is 2.74. The number of amides is 1. The molecule has 0 aliphatic carbocycles. The maximum Gasteiger partial charge on any atom is 0.256 e. The van der Waals surface area contributed by atoms with E-state index in [-0.39, 0.29) is 5.91 Å². The van der Waals surface area contributed by atoms with Crippen LogP contribution < -0.4 is 5.32 Å². The lowest BCUT2D eigenvalue weighted by atomic mass is 10.1. The fourth-order valence-corrected chi connectivity index (χ4v) is 2.20. The Morgan fingerprint density at radius 3 is 2.68 bits per heavy atom. The third-order valence-corrected chi connectivity index (χ3v) is 3.24. The van der Waals surface area contributed by atoms with Gasteiger partial charge in [-0.15, -0.1) is 0 Å². The number of halogens is 1. The van der Waals surface area contributed by atoms with Gasteiger partial charge in [-0.1, -0.05) is 33.2 Å². The second-order valence-electron chi connectivity index (χ2n) is 4.05. The van der Waals surface area contributed by atoms with Crippen molar-refractivity contribution in [1.29, 1.82) is 0 Å². The first-order valence-corrected chi connectivity index (χ1v) is 6.43. The van der Waals surface area contributed by atoms with E-state index in [0.717, 1.165) is 15.2 Å². The zero-order chi connectivity index (χ0) is 13.2. The molecule has 3 aromatic rings. The summed E-state index contributed by atoms with van der Waals surface area (Å²) >= 11 is 3.42. The number of nitrogens with one attached hydrogen (secondary N) is 1. The molecule has 3 rings (SSSR count). The summed E-state index contributed by atoms with van der Waals surface area (Å²) in [5, 5.41) is 8.39. The molecule has 0 atom stereocenters. The van der Waals surface area contributed by atoms with E-state index >= 15 is 0 Å². The fraction of sp³-hybridized carbons (Fsp3) is 0. The molecule has 1 amide bonds. The van der Waals surface area contributed by atoms with Gasteiger partial charge < -0.3 is 9.84 Å². The lowest BCUT2D eigenvalue weighted by Gasteiger charge is -2.04. The van der Waals surface area contributed by atoms with Gasteiger partial charge >= 0.3 is 0 Å². The summed E-state index contributed by atoms with van der Waals surface area (Å²) < 4.78 is 5.68. The summed E-state index contributed by atoms with van der Waals surface area (Å²) in [6.45, 7) is 0. The molecule has 0 spiro atoms. The normalized spacial score (nSPS) is 10.6. The maximum absolute atomic E-state index is 12.0. The van der Waals surface area contributed by atoms with Crippen molar-refractivity contribution >= 4 is 38.4 Å². The summed E-state index contributed by atoms with van der Waals surface area (Å²) in [5.41, 5.74) is 0.581. The zero-order valence-electron chi connectivity index (χ0n) is 9.76. The summed E-state index contributed by atoms with van der Waals surface area (Å²) in [4.78, 5) is 12.0. The second-order valence-corrected chi connectivity index (χ2v) is 4.96. The molecule has 94 valence electrons. The van der Waals surface area contributed by atoms with E-state index in [1.54, 1.807) is 12.1 Å². The van der Waals surface area contributed by atoms with E-state index in [1.807, 2.05) is 30.3 Å². The minimum Gasteiger partial charge on any atom is -0.363 e. The zero-order valence-corrected chi connectivity index (χ0v) is 11.3. The standard InChI is InChI=1S/C14H9BrN2O2/c15-12-4-3-9-7-11(2-1-10(9)8-12)14(18)16-13-5-6-19-17-13/h1-8H,(H,16,17,18). The van der Waals surface area contributed by atoms with Gasteiger partial charge in [-0.25, -0.2) is 0 Å². The van der Waals surface area contributed by atoms with E-state index in [1.165, 1.54) is 6.26 Å². The van der Waals surface area contributed by atoms with Crippen LogP contribution in [0.5, 0.6) is 0 Å². The van der Waals surface area contributed by atoms with Gasteiger partial charge in [-0.2, -0.15) is 0 Å². The lowest BCUT2D eigenvalue weighted by Crippen LogP contribution is -2.11. The molecule has 19 heavy (non-hydrogen) atoms. The number of fused-ring (bicyclic) bond motifs is 1. The van der Waals surface area contributed by atoms with Crippen molar-refractivity contribution in [3.63, 3.8) is 0 Å². The lowest BCUT2D eigenvalue weighted by molar-refractivity contribution is 0.102. The monoisotopic (exact) mass is 316 g/mol. The van der Waals surface area contributed by atoms with Crippen molar-refractivity contribution in [1.82, 2.24) is 5.16 Å². The predicted molar refractivity (Wildman–Crippen MR) is 76.1 cm³/mol. The van der Waals surface area contributed by atoms with E-state index < -0.39 is 0 Å². The van der Waals surface area contributed by atoms with Gasteiger partial charge in [0.1, 0.15) is 6.26 Å². The second kappa shape index (κ2) is 4.85. The molecule has 0 radical (unpaired) electrons. The molecule has 4 nitrogen and oxygen atoms in total. The number of rotatable bonds is 2. The molecular weight excluding hydrogens is 308 g/mol. The number of nitrogens with zero attached hydrogens (tertiary/aromatic N) is 1. The Morgan fingerprint density at radius 2 is 1.89 bits per heavy atom. The molecule has 5 heteroatoms. The Kier molecular flexibility index (Phi) is 3.05. The highest BCUT2D eigenvalue weighted by molar-refractivity contribution is 9.10. The van der Waals surface area contributed by atoms with Gasteiger partial charge in [0.25, 0.3) is 5.91 Å². The molecule has 1 aromatic heterocycles. The largest absolute Gasteiger partial charge is 0.363 e. The van der Waals surface area contributed by atoms with Crippen molar-refractivity contribution in [2.45, 2.75) is 0 Å². The maximum atomic E-state index is 12.0. The summed E-state index contributed by atoms with van der Waals surface area (Å²) in [6.07, 6.45) is 1.41. The molecule has 2 aromatic carbocycles. The van der Waals surface area contributed by atoms with Crippen LogP contribution in [0.15, 0.2) is 57.7 Å². The first-order chi connectivity index (χ1) is 9.22. The van der Waals surface area contributed by atoms with Gasteiger partial charge in [0.2, 0.25) is 0 Å². The molecular formula is C14H9BrN2O2. The van der Waals surface area contributed by atoms with Gasteiger partial charge in [0.15, 0.2) is 5.82 Å². The predicted octanol–water partition coefficient (Wildman–Crippen LogP) is 3.84. The third kappa shape index (κ3) is 2.51. The number of carbonyl (C=O) groups excluding carboxylic acids is 1. The summed E-state index contributed by atoms with van der Waals surface area (Å²) in [6, 6.07) is 13.1. The van der Waals surface area contributed by atoms with Crippen molar-refractivity contribution in [3.8, 4) is 0 Å². The number of anilines is 1. The minimum atomic E-state index is -0.210. The van der Waals surface area contributed by atoms with Gasteiger partial charge in [0, 0.05) is 16.1 Å². The summed E-state index contributed by atoms with van der Waals surface area (Å²) in [7, 11) is 0. The minimum absolute atomic E-state index is 0.210. The van der Waals surface area contributed by atoms with Gasteiger partial charge in [-0.05, 0) is 35.0 Å². The SMILES string of the molecule is O=C(Nc1ccon1)c1ccc2cc(Br)ccc2c1. The fourth-order valence-electron chi connectivity index (χ4n) is 1.82. The Morgan fingerprint density at radius 1 is 1.11 bits per heavy atom. The Bertz CT molecular complexity index is 738. The van der Waals surface area contributed by atoms with Gasteiger partial charge in [-0.3, -0.25) is 4.79 Å². The summed E-state index contributed by atoms with van der Waals surface area (Å²) in [5.74, 6) is 0.194. The quantitative estimate of drug-likeness (QED) is 0.781. The van der Waals surface area contributed by atoms with E-state index in [4.69, 9.17) is 0 Å². The van der Waals surface area contributed by atoms with E-state index in [2.05, 4.69) is 30.9 Å². The molecule has 1 N–H and O–H groups in total. The molecule has 0 saturated heterocycles. The average Bonchev–Trinajstić information content (AvgIpc) is 2.91. The van der Waals surface area contributed by atoms with E-state index in [9.17, 15) is 4.79 Å². The first kappa shape index (κ1) is 11.9. The van der Waals surface area contributed by atoms with Crippen LogP contribution in [0.25, 0.3) is 10.8 Å². The smallest absolute Gasteiger partial charge is 0.256 e. The van der Waals surface area contributed by atoms with Crippen molar-refractivity contribution < 1.29 is 9.32 Å². The molecule has 0 aliphatic heterocycles. The Balaban J connectivity index is 1.92. The molecule has 0 aliphatic rings. The Labute approximate surface area is 117 Å². The molecule has 0 fully saturated rings. The van der Waals surface area contributed by atoms with E-state index in [0.29, 0.717) is 11.4 Å². The number of benzene rings is 2. The highest BCUT2D eigenvalue weighted by Crippen LogP contribution is 2.21. The van der Waals surface area contributed by atoms with Crippen LogP contribution in [0.2, 0.25) is 0 Å². The molecule has 0 saturated carbocycles. The van der Waals surface area contributed by atoms with Crippen LogP contribution in [0, 0.1) is 0 Å². The first-order valence-electron chi connectivity index (χ1n) is 5.63. The number of aromatic nitrogens is 1. The Hall–Kier alpha value is -2.14. The van der Waals surface area contributed by atoms with Crippen molar-refractivity contribution in [2.75, 3.05) is 5.32 Å². The van der Waals surface area contributed by atoms with Crippen LogP contribution >= 0.6 is 15.9 Å². The van der Waals surface area contributed by atoms with Crippen LogP contribution in [0.4, 0.5) is 5.82 Å². The average molecular weight is 317 g/mol. The van der Waals surface area contributed by atoms with Crippen LogP contribution in [0.3, 0.4) is 0 Å². The molecule has 0 unspecified atom stereocenters.